The molecule has 0 bridgehead atoms. The summed E-state index contributed by atoms with van der Waals surface area (Å²) in [6.07, 6.45) is 7.73. The fourth-order valence-corrected chi connectivity index (χ4v) is 3.51. The van der Waals surface area contributed by atoms with E-state index in [9.17, 15) is 0 Å². The third kappa shape index (κ3) is 8.73. The van der Waals surface area contributed by atoms with Gasteiger partial charge in [-0.05, 0) is 47.5 Å². The molecule has 0 amide bonds. The fraction of sp³-hybridized carbons (Fsp3) is 0.235. The quantitative estimate of drug-likeness (QED) is 0.146. The number of hydrogen-bond acceptors (Lipinski definition) is 6. The molecule has 0 aliphatic rings. The van der Waals surface area contributed by atoms with E-state index in [2.05, 4.69) is 37.0 Å². The molecule has 0 aliphatic heterocycles. The monoisotopic (exact) mass is 540 g/mol. The number of nitrogens with zero attached hydrogens (tertiary/aromatic N) is 2. The van der Waals surface area contributed by atoms with Crippen LogP contribution < -0.4 is 9.47 Å². The van der Waals surface area contributed by atoms with E-state index in [1.807, 2.05) is 66.7 Å². The third-order valence-electron chi connectivity index (χ3n) is 5.81. The molecule has 210 valence electrons. The van der Waals surface area contributed by atoms with Crippen molar-refractivity contribution in [1.29, 1.82) is 0 Å². The van der Waals surface area contributed by atoms with Gasteiger partial charge in [-0.15, -0.1) is 0 Å². The molecule has 0 heterocycles. The van der Waals surface area contributed by atoms with Crippen LogP contribution in [-0.2, 0) is 9.47 Å². The Morgan fingerprint density at radius 2 is 1.27 bits per heavy atom. The fourth-order valence-electron chi connectivity index (χ4n) is 3.51. The molecule has 0 aliphatic carbocycles. The Bertz CT molecular complexity index is 1340. The summed E-state index contributed by atoms with van der Waals surface area (Å²) < 4.78 is 22.2. The first-order chi connectivity index (χ1) is 19.5. The van der Waals surface area contributed by atoms with E-state index in [1.165, 1.54) is 12.8 Å². The van der Waals surface area contributed by atoms with Crippen LogP contribution in [0.5, 0.6) is 11.5 Å². The number of aliphatic imine (C=N–C) groups is 2. The van der Waals surface area contributed by atoms with Crippen molar-refractivity contribution in [1.82, 2.24) is 0 Å². The van der Waals surface area contributed by atoms with Crippen molar-refractivity contribution >= 4 is 23.2 Å². The smallest absolute Gasteiger partial charge is 0.221 e. The highest BCUT2D eigenvalue weighted by atomic mass is 16.5. The van der Waals surface area contributed by atoms with Crippen LogP contribution in [0.15, 0.2) is 114 Å². The molecule has 0 fully saturated rings. The Morgan fingerprint density at radius 3 is 1.70 bits per heavy atom. The molecule has 6 nitrogen and oxygen atoms in total. The zero-order chi connectivity index (χ0) is 29.3. The van der Waals surface area contributed by atoms with Crippen LogP contribution in [0.2, 0.25) is 0 Å². The lowest BCUT2D eigenvalue weighted by molar-refractivity contribution is 0.402. The maximum absolute atomic E-state index is 5.64. The summed E-state index contributed by atoms with van der Waals surface area (Å²) >= 11 is 0. The second kappa shape index (κ2) is 17.1. The maximum atomic E-state index is 5.64. The van der Waals surface area contributed by atoms with Crippen LogP contribution in [0.3, 0.4) is 0 Å². The average molecular weight is 541 g/mol. The van der Waals surface area contributed by atoms with E-state index < -0.39 is 0 Å². The van der Waals surface area contributed by atoms with Crippen molar-refractivity contribution in [3.8, 4) is 22.6 Å². The molecule has 3 aromatic rings. The number of allylic oxidation sites excluding steroid dienone is 2. The molecule has 0 atom stereocenters. The minimum Gasteiger partial charge on any atom is -0.494 e. The van der Waals surface area contributed by atoms with Crippen LogP contribution in [-0.4, -0.2) is 40.2 Å². The summed E-state index contributed by atoms with van der Waals surface area (Å²) in [5, 5.41) is 0. The standard InChI is InChI=1S/C30H30N2O4.C4H10/c1-7-12-21(8-2)29(35-5)31-25-17-15-23(19-27(25)33-3)24-16-18-26(28(20-24)34-4)32-30(36-6)22-13-10-9-11-14-22;1-3-4-2/h7-20H,1-2H2,3-6H3;3-4H2,1-2H3/b21-12+,31-29?,32-30?;. The van der Waals surface area contributed by atoms with Crippen LogP contribution in [0.4, 0.5) is 11.4 Å². The van der Waals surface area contributed by atoms with Gasteiger partial charge in [0, 0.05) is 11.1 Å². The summed E-state index contributed by atoms with van der Waals surface area (Å²) in [4.78, 5) is 9.29. The highest BCUT2D eigenvalue weighted by molar-refractivity contribution is 5.98. The van der Waals surface area contributed by atoms with Crippen LogP contribution in [0.25, 0.3) is 11.1 Å². The number of hydrogen-bond donors (Lipinski definition) is 0. The average Bonchev–Trinajstić information content (AvgIpc) is 3.02. The third-order valence-corrected chi connectivity index (χ3v) is 5.81. The molecular formula is C34H40N2O4. The number of methoxy groups -OCH3 is 4. The van der Waals surface area contributed by atoms with Gasteiger partial charge in [-0.2, -0.15) is 0 Å². The first kappa shape index (κ1) is 31.6. The molecular weight excluding hydrogens is 500 g/mol. The number of rotatable bonds is 10. The SMILES string of the molecule is C=C/C=C(\C=C)C(=Nc1ccc(-c2ccc(N=C(OC)c3ccccc3)c(OC)c2)cc1OC)OC.CCCC. The van der Waals surface area contributed by atoms with Gasteiger partial charge in [-0.25, -0.2) is 9.98 Å². The van der Waals surface area contributed by atoms with Crippen LogP contribution in [0, 0.1) is 0 Å². The number of ether oxygens (including phenoxy) is 4. The van der Waals surface area contributed by atoms with Gasteiger partial charge in [0.2, 0.25) is 11.8 Å². The van der Waals surface area contributed by atoms with Gasteiger partial charge in [-0.1, -0.05) is 88.4 Å². The minimum absolute atomic E-state index is 0.409. The molecule has 0 N–H and O–H groups in total. The summed E-state index contributed by atoms with van der Waals surface area (Å²) in [6, 6.07) is 21.3. The van der Waals surface area contributed by atoms with E-state index in [-0.39, 0.29) is 0 Å². The lowest BCUT2D eigenvalue weighted by Crippen LogP contribution is -2.03. The second-order valence-electron chi connectivity index (χ2n) is 8.44. The molecule has 3 rings (SSSR count). The molecule has 0 saturated carbocycles. The van der Waals surface area contributed by atoms with Crippen molar-refractivity contribution in [2.45, 2.75) is 26.7 Å². The van der Waals surface area contributed by atoms with Gasteiger partial charge in [0.1, 0.15) is 22.9 Å². The van der Waals surface area contributed by atoms with Crippen LogP contribution in [0.1, 0.15) is 32.3 Å². The Labute approximate surface area is 239 Å². The zero-order valence-corrected chi connectivity index (χ0v) is 24.4. The minimum atomic E-state index is 0.409. The van der Waals surface area contributed by atoms with Gasteiger partial charge in [0.25, 0.3) is 0 Å². The van der Waals surface area contributed by atoms with Gasteiger partial charge in [-0.3, -0.25) is 0 Å². The molecule has 40 heavy (non-hydrogen) atoms. The van der Waals surface area contributed by atoms with Gasteiger partial charge in [0.05, 0.1) is 28.4 Å². The molecule has 0 radical (unpaired) electrons. The zero-order valence-electron chi connectivity index (χ0n) is 24.4. The summed E-state index contributed by atoms with van der Waals surface area (Å²) in [5.41, 5.74) is 4.74. The Hall–Kier alpha value is -4.58. The van der Waals surface area contributed by atoms with Crippen molar-refractivity contribution in [2.24, 2.45) is 9.98 Å². The van der Waals surface area contributed by atoms with Crippen molar-refractivity contribution in [3.63, 3.8) is 0 Å². The van der Waals surface area contributed by atoms with Gasteiger partial charge < -0.3 is 18.9 Å². The van der Waals surface area contributed by atoms with Crippen molar-refractivity contribution in [2.75, 3.05) is 28.4 Å². The van der Waals surface area contributed by atoms with E-state index in [0.717, 1.165) is 16.7 Å². The summed E-state index contributed by atoms with van der Waals surface area (Å²) in [6.45, 7) is 11.9. The Kier molecular flexibility index (Phi) is 13.5. The topological polar surface area (TPSA) is 61.6 Å². The largest absolute Gasteiger partial charge is 0.494 e. The number of benzene rings is 3. The lowest BCUT2D eigenvalue weighted by Gasteiger charge is -2.12. The van der Waals surface area contributed by atoms with Crippen molar-refractivity contribution in [3.05, 3.63) is 109 Å². The van der Waals surface area contributed by atoms with E-state index in [4.69, 9.17) is 18.9 Å². The lowest BCUT2D eigenvalue weighted by atomic mass is 10.0. The van der Waals surface area contributed by atoms with E-state index in [0.29, 0.717) is 40.2 Å². The molecule has 0 unspecified atom stereocenters. The first-order valence-electron chi connectivity index (χ1n) is 13.1. The molecule has 0 saturated heterocycles. The normalized spacial score (nSPS) is 11.6. The second-order valence-corrected chi connectivity index (χ2v) is 8.44. The Morgan fingerprint density at radius 1 is 0.725 bits per heavy atom. The predicted molar refractivity (Wildman–Crippen MR) is 168 cm³/mol. The number of unbranched alkanes of at least 4 members (excludes halogenated alkanes) is 1. The molecule has 0 spiro atoms. The molecule has 3 aromatic carbocycles. The summed E-state index contributed by atoms with van der Waals surface area (Å²) in [7, 11) is 6.38. The summed E-state index contributed by atoms with van der Waals surface area (Å²) in [5.74, 6) is 2.12. The molecule has 0 aromatic heterocycles. The van der Waals surface area contributed by atoms with E-state index in [1.54, 1.807) is 46.7 Å². The van der Waals surface area contributed by atoms with Crippen molar-refractivity contribution < 1.29 is 18.9 Å². The highest BCUT2D eigenvalue weighted by Gasteiger charge is 2.12. The predicted octanol–water partition coefficient (Wildman–Crippen LogP) is 8.88. The molecule has 6 heteroatoms. The van der Waals surface area contributed by atoms with Gasteiger partial charge in [0.15, 0.2) is 0 Å². The maximum Gasteiger partial charge on any atom is 0.221 e. The first-order valence-corrected chi connectivity index (χ1v) is 13.1. The van der Waals surface area contributed by atoms with Crippen LogP contribution >= 0.6 is 0 Å². The highest BCUT2D eigenvalue weighted by Crippen LogP contribution is 2.37. The van der Waals surface area contributed by atoms with E-state index >= 15 is 0 Å². The van der Waals surface area contributed by atoms with Gasteiger partial charge >= 0.3 is 0 Å². The Balaban J connectivity index is 0.00000131.